The van der Waals surface area contributed by atoms with Crippen LogP contribution in [0.25, 0.3) is 0 Å². The van der Waals surface area contributed by atoms with E-state index in [4.69, 9.17) is 14.2 Å². The van der Waals surface area contributed by atoms with Crippen molar-refractivity contribution in [3.8, 4) is 11.5 Å². The molecule has 2 N–H and O–H groups in total. The van der Waals surface area contributed by atoms with Crippen LogP contribution < -0.4 is 20.3 Å². The molecular weight excluding hydrogens is 322 g/mol. The van der Waals surface area contributed by atoms with Crippen LogP contribution in [0.15, 0.2) is 35.1 Å². The largest absolute Gasteiger partial charge is 0.497 e. The molecule has 1 aliphatic rings. The number of nitrogens with one attached hydrogen (secondary N) is 2. The van der Waals surface area contributed by atoms with E-state index in [1.165, 1.54) is 6.07 Å². The number of aromatic amines is 1. The Morgan fingerprint density at radius 1 is 1.24 bits per heavy atom. The average molecular weight is 345 g/mol. The molecule has 1 aliphatic heterocycles. The Morgan fingerprint density at radius 3 is 2.68 bits per heavy atom. The van der Waals surface area contributed by atoms with E-state index in [0.29, 0.717) is 23.3 Å². The summed E-state index contributed by atoms with van der Waals surface area (Å²) in [7, 11) is 1.62. The van der Waals surface area contributed by atoms with Crippen molar-refractivity contribution in [3.63, 3.8) is 0 Å². The Hall–Kier alpha value is -2.54. The second-order valence-corrected chi connectivity index (χ2v) is 5.99. The van der Waals surface area contributed by atoms with Gasteiger partial charge in [-0.15, -0.1) is 0 Å². The number of aromatic nitrogens is 2. The van der Waals surface area contributed by atoms with Gasteiger partial charge in [0.15, 0.2) is 0 Å². The summed E-state index contributed by atoms with van der Waals surface area (Å²) < 4.78 is 16.1. The maximum atomic E-state index is 11.8. The lowest BCUT2D eigenvalue weighted by molar-refractivity contribution is 0.0699. The fraction of sp³-hybridized carbons (Fsp3) is 0.444. The molecule has 2 heterocycles. The van der Waals surface area contributed by atoms with Crippen molar-refractivity contribution < 1.29 is 14.2 Å². The van der Waals surface area contributed by atoms with E-state index in [-0.39, 0.29) is 12.2 Å². The summed E-state index contributed by atoms with van der Waals surface area (Å²) in [6, 6.07) is 8.72. The molecule has 0 saturated carbocycles. The summed E-state index contributed by atoms with van der Waals surface area (Å²) in [4.78, 5) is 19.0. The molecule has 0 amide bonds. The lowest BCUT2D eigenvalue weighted by Crippen LogP contribution is -2.24. The SMILES string of the molecule is COc1ccc(OCc2cc(=O)[nH]c(NCC3CCOCC3)n2)cc1. The number of H-pyrrole nitrogens is 1. The molecule has 25 heavy (non-hydrogen) atoms. The van der Waals surface area contributed by atoms with Gasteiger partial charge in [0, 0.05) is 25.8 Å². The molecule has 0 aliphatic carbocycles. The average Bonchev–Trinajstić information content (AvgIpc) is 2.66. The number of hydrogen-bond acceptors (Lipinski definition) is 6. The molecule has 0 atom stereocenters. The number of benzene rings is 1. The Kier molecular flexibility index (Phi) is 5.90. The van der Waals surface area contributed by atoms with Crippen LogP contribution in [0.2, 0.25) is 0 Å². The maximum Gasteiger partial charge on any atom is 0.252 e. The van der Waals surface area contributed by atoms with Crippen molar-refractivity contribution >= 4 is 5.95 Å². The van der Waals surface area contributed by atoms with Gasteiger partial charge in [-0.3, -0.25) is 9.78 Å². The predicted molar refractivity (Wildman–Crippen MR) is 94.2 cm³/mol. The van der Waals surface area contributed by atoms with Crippen LogP contribution >= 0.6 is 0 Å². The zero-order valence-electron chi connectivity index (χ0n) is 14.3. The standard InChI is InChI=1S/C18H23N3O4/c1-23-15-2-4-16(5-3-15)25-12-14-10-17(22)21-18(20-14)19-11-13-6-8-24-9-7-13/h2-5,10,13H,6-9,11-12H2,1H3,(H2,19,20,21,22). The van der Waals surface area contributed by atoms with Gasteiger partial charge < -0.3 is 19.5 Å². The van der Waals surface area contributed by atoms with Gasteiger partial charge in [0.25, 0.3) is 5.56 Å². The molecule has 1 aromatic heterocycles. The van der Waals surface area contributed by atoms with E-state index in [9.17, 15) is 4.79 Å². The highest BCUT2D eigenvalue weighted by atomic mass is 16.5. The molecule has 7 nitrogen and oxygen atoms in total. The normalized spacial score (nSPS) is 14.9. The molecule has 3 rings (SSSR count). The van der Waals surface area contributed by atoms with Crippen molar-refractivity contribution in [2.75, 3.05) is 32.2 Å². The third kappa shape index (κ3) is 5.22. The summed E-state index contributed by atoms with van der Waals surface area (Å²) in [5, 5.41) is 3.21. The topological polar surface area (TPSA) is 85.5 Å². The van der Waals surface area contributed by atoms with Gasteiger partial charge in [-0.25, -0.2) is 4.98 Å². The van der Waals surface area contributed by atoms with Crippen LogP contribution in [0.4, 0.5) is 5.95 Å². The quantitative estimate of drug-likeness (QED) is 0.800. The highest BCUT2D eigenvalue weighted by Gasteiger charge is 2.14. The number of anilines is 1. The Balaban J connectivity index is 1.57. The van der Waals surface area contributed by atoms with E-state index in [1.54, 1.807) is 7.11 Å². The Bertz CT molecular complexity index is 724. The highest BCUT2D eigenvalue weighted by Crippen LogP contribution is 2.18. The first-order valence-electron chi connectivity index (χ1n) is 8.41. The second kappa shape index (κ2) is 8.53. The first-order chi connectivity index (χ1) is 12.2. The third-order valence-electron chi connectivity index (χ3n) is 4.14. The van der Waals surface area contributed by atoms with Crippen LogP contribution in [0.1, 0.15) is 18.5 Å². The zero-order chi connectivity index (χ0) is 17.5. The van der Waals surface area contributed by atoms with Crippen molar-refractivity contribution in [1.82, 2.24) is 9.97 Å². The third-order valence-corrected chi connectivity index (χ3v) is 4.14. The number of nitrogens with zero attached hydrogens (tertiary/aromatic N) is 1. The molecular formula is C18H23N3O4. The first-order valence-corrected chi connectivity index (χ1v) is 8.41. The van der Waals surface area contributed by atoms with Gasteiger partial charge in [0.05, 0.1) is 12.8 Å². The predicted octanol–water partition coefficient (Wildman–Crippen LogP) is 2.20. The van der Waals surface area contributed by atoms with Crippen LogP contribution in [0, 0.1) is 5.92 Å². The van der Waals surface area contributed by atoms with Gasteiger partial charge in [-0.2, -0.15) is 0 Å². The van der Waals surface area contributed by atoms with Gasteiger partial charge in [0.2, 0.25) is 5.95 Å². The molecule has 1 aromatic carbocycles. The van der Waals surface area contributed by atoms with Gasteiger partial charge >= 0.3 is 0 Å². The second-order valence-electron chi connectivity index (χ2n) is 5.99. The first kappa shape index (κ1) is 17.3. The molecule has 7 heteroatoms. The van der Waals surface area contributed by atoms with Crippen molar-refractivity contribution in [1.29, 1.82) is 0 Å². The van der Waals surface area contributed by atoms with E-state index >= 15 is 0 Å². The van der Waals surface area contributed by atoms with Crippen molar-refractivity contribution in [2.24, 2.45) is 5.92 Å². The lowest BCUT2D eigenvalue weighted by Gasteiger charge is -2.22. The van der Waals surface area contributed by atoms with E-state index in [2.05, 4.69) is 15.3 Å². The summed E-state index contributed by atoms with van der Waals surface area (Å²) in [5.41, 5.74) is 0.381. The number of rotatable bonds is 7. The fourth-order valence-electron chi connectivity index (χ4n) is 2.69. The van der Waals surface area contributed by atoms with E-state index < -0.39 is 0 Å². The zero-order valence-corrected chi connectivity index (χ0v) is 14.3. The van der Waals surface area contributed by atoms with Gasteiger partial charge in [0.1, 0.15) is 18.1 Å². The molecule has 1 fully saturated rings. The van der Waals surface area contributed by atoms with Crippen molar-refractivity contribution in [3.05, 3.63) is 46.4 Å². The number of methoxy groups -OCH3 is 1. The van der Waals surface area contributed by atoms with E-state index in [1.807, 2.05) is 24.3 Å². The van der Waals surface area contributed by atoms with Gasteiger partial charge in [-0.1, -0.05) is 0 Å². The Morgan fingerprint density at radius 2 is 1.96 bits per heavy atom. The number of ether oxygens (including phenoxy) is 3. The minimum absolute atomic E-state index is 0.196. The van der Waals surface area contributed by atoms with Crippen LogP contribution in [-0.2, 0) is 11.3 Å². The van der Waals surface area contributed by atoms with Crippen LogP contribution in [0.3, 0.4) is 0 Å². The summed E-state index contributed by atoms with van der Waals surface area (Å²) >= 11 is 0. The summed E-state index contributed by atoms with van der Waals surface area (Å²) in [5.74, 6) is 2.48. The fourth-order valence-corrected chi connectivity index (χ4v) is 2.69. The molecule has 0 unspecified atom stereocenters. The lowest BCUT2D eigenvalue weighted by atomic mass is 10.0. The van der Waals surface area contributed by atoms with Crippen LogP contribution in [0.5, 0.6) is 11.5 Å². The monoisotopic (exact) mass is 345 g/mol. The summed E-state index contributed by atoms with van der Waals surface area (Å²) in [6.07, 6.45) is 2.05. The molecule has 0 radical (unpaired) electrons. The van der Waals surface area contributed by atoms with Crippen LogP contribution in [-0.4, -0.2) is 36.8 Å². The molecule has 1 saturated heterocycles. The molecule has 0 bridgehead atoms. The summed E-state index contributed by atoms with van der Waals surface area (Å²) in [6.45, 7) is 2.59. The highest BCUT2D eigenvalue weighted by molar-refractivity contribution is 5.31. The molecule has 2 aromatic rings. The molecule has 134 valence electrons. The van der Waals surface area contributed by atoms with E-state index in [0.717, 1.165) is 38.3 Å². The number of hydrogen-bond donors (Lipinski definition) is 2. The minimum Gasteiger partial charge on any atom is -0.497 e. The minimum atomic E-state index is -0.196. The Labute approximate surface area is 146 Å². The van der Waals surface area contributed by atoms with Gasteiger partial charge in [-0.05, 0) is 43.0 Å². The molecule has 0 spiro atoms. The maximum absolute atomic E-state index is 11.8. The van der Waals surface area contributed by atoms with Crippen molar-refractivity contribution in [2.45, 2.75) is 19.4 Å². The smallest absolute Gasteiger partial charge is 0.252 e.